The second-order valence-electron chi connectivity index (χ2n) is 7.74. The first-order valence-electron chi connectivity index (χ1n) is 9.86. The van der Waals surface area contributed by atoms with Crippen molar-refractivity contribution in [2.75, 3.05) is 25.5 Å². The molecule has 0 spiro atoms. The molecule has 2 aromatic rings. The van der Waals surface area contributed by atoms with E-state index in [-0.39, 0.29) is 17.3 Å². The zero-order valence-corrected chi connectivity index (χ0v) is 20.1. The summed E-state index contributed by atoms with van der Waals surface area (Å²) in [5, 5.41) is 3.01. The Bertz CT molecular complexity index is 1050. The lowest BCUT2D eigenvalue weighted by Crippen LogP contribution is -2.43. The SMILES string of the molecule is COc1ccc(S(=O)(=O)N2CCC[C@@H](C(=O)Nc3c(C)cc(Br)cc3C)C2)cc1C. The van der Waals surface area contributed by atoms with E-state index in [4.69, 9.17) is 4.74 Å². The van der Waals surface area contributed by atoms with Gasteiger partial charge in [-0.05, 0) is 80.6 Å². The number of carbonyl (C=O) groups is 1. The first kappa shape index (κ1) is 22.8. The van der Waals surface area contributed by atoms with Crippen LogP contribution in [0.3, 0.4) is 0 Å². The van der Waals surface area contributed by atoms with E-state index in [1.807, 2.05) is 32.9 Å². The van der Waals surface area contributed by atoms with Gasteiger partial charge in [0.1, 0.15) is 5.75 Å². The maximum atomic E-state index is 13.2. The van der Waals surface area contributed by atoms with E-state index < -0.39 is 15.9 Å². The third kappa shape index (κ3) is 4.71. The Morgan fingerprint density at radius 1 is 1.13 bits per heavy atom. The number of rotatable bonds is 5. The number of anilines is 1. The van der Waals surface area contributed by atoms with E-state index in [0.717, 1.165) is 26.9 Å². The fourth-order valence-corrected chi connectivity index (χ4v) is 6.16. The van der Waals surface area contributed by atoms with Crippen LogP contribution >= 0.6 is 15.9 Å². The van der Waals surface area contributed by atoms with Crippen LogP contribution in [0.2, 0.25) is 0 Å². The number of benzene rings is 2. The number of hydrogen-bond donors (Lipinski definition) is 1. The molecule has 1 aliphatic rings. The number of halogens is 1. The summed E-state index contributed by atoms with van der Waals surface area (Å²) in [5.74, 6) is 0.106. The molecule has 6 nitrogen and oxygen atoms in total. The van der Waals surface area contributed by atoms with Gasteiger partial charge in [-0.25, -0.2) is 8.42 Å². The summed E-state index contributed by atoms with van der Waals surface area (Å²) in [6.45, 7) is 6.28. The van der Waals surface area contributed by atoms with E-state index in [0.29, 0.717) is 25.1 Å². The molecule has 0 saturated carbocycles. The molecule has 0 aliphatic carbocycles. The summed E-state index contributed by atoms with van der Waals surface area (Å²) in [5.41, 5.74) is 3.47. The van der Waals surface area contributed by atoms with Crippen molar-refractivity contribution >= 4 is 37.5 Å². The van der Waals surface area contributed by atoms with Crippen molar-refractivity contribution in [3.05, 3.63) is 51.5 Å². The number of methoxy groups -OCH3 is 1. The van der Waals surface area contributed by atoms with Crippen molar-refractivity contribution in [1.29, 1.82) is 0 Å². The Labute approximate surface area is 186 Å². The van der Waals surface area contributed by atoms with Crippen LogP contribution in [0.1, 0.15) is 29.5 Å². The zero-order valence-electron chi connectivity index (χ0n) is 17.7. The predicted octanol–water partition coefficient (Wildman–Crippen LogP) is 4.42. The maximum Gasteiger partial charge on any atom is 0.243 e. The molecule has 0 radical (unpaired) electrons. The van der Waals surface area contributed by atoms with E-state index in [9.17, 15) is 13.2 Å². The minimum atomic E-state index is -3.68. The average Bonchev–Trinajstić information content (AvgIpc) is 2.70. The second kappa shape index (κ2) is 9.08. The molecule has 1 amide bonds. The Hall–Kier alpha value is -1.90. The molecule has 1 aliphatic heterocycles. The predicted molar refractivity (Wildman–Crippen MR) is 121 cm³/mol. The third-order valence-electron chi connectivity index (χ3n) is 5.50. The lowest BCUT2D eigenvalue weighted by Gasteiger charge is -2.31. The largest absolute Gasteiger partial charge is 0.496 e. The van der Waals surface area contributed by atoms with Crippen molar-refractivity contribution < 1.29 is 17.9 Å². The van der Waals surface area contributed by atoms with E-state index in [2.05, 4.69) is 21.2 Å². The minimum Gasteiger partial charge on any atom is -0.496 e. The van der Waals surface area contributed by atoms with Crippen LogP contribution in [0, 0.1) is 26.7 Å². The molecule has 3 rings (SSSR count). The average molecular weight is 495 g/mol. The molecule has 1 fully saturated rings. The maximum absolute atomic E-state index is 13.2. The number of aryl methyl sites for hydroxylation is 3. The topological polar surface area (TPSA) is 75.7 Å². The fraction of sp³-hybridized carbons (Fsp3) is 0.409. The molecule has 1 saturated heterocycles. The molecule has 1 heterocycles. The lowest BCUT2D eigenvalue weighted by molar-refractivity contribution is -0.120. The molecule has 0 aromatic heterocycles. The van der Waals surface area contributed by atoms with Crippen LogP contribution in [-0.2, 0) is 14.8 Å². The van der Waals surface area contributed by atoms with Crippen molar-refractivity contribution in [3.8, 4) is 5.75 Å². The highest BCUT2D eigenvalue weighted by atomic mass is 79.9. The lowest BCUT2D eigenvalue weighted by atomic mass is 9.98. The monoisotopic (exact) mass is 494 g/mol. The summed E-state index contributed by atoms with van der Waals surface area (Å²) in [6.07, 6.45) is 1.30. The highest BCUT2D eigenvalue weighted by molar-refractivity contribution is 9.10. The van der Waals surface area contributed by atoms with Gasteiger partial charge in [0, 0.05) is 23.2 Å². The van der Waals surface area contributed by atoms with Crippen LogP contribution in [0.5, 0.6) is 5.75 Å². The van der Waals surface area contributed by atoms with E-state index >= 15 is 0 Å². The van der Waals surface area contributed by atoms with Crippen molar-refractivity contribution in [2.45, 2.75) is 38.5 Å². The van der Waals surface area contributed by atoms with Gasteiger partial charge in [0.25, 0.3) is 0 Å². The second-order valence-corrected chi connectivity index (χ2v) is 10.6. The van der Waals surface area contributed by atoms with Gasteiger partial charge in [-0.15, -0.1) is 0 Å². The minimum absolute atomic E-state index is 0.144. The molecule has 0 unspecified atom stereocenters. The molecule has 162 valence electrons. The van der Waals surface area contributed by atoms with Crippen LogP contribution in [0.4, 0.5) is 5.69 Å². The zero-order chi connectivity index (χ0) is 22.1. The fourth-order valence-electron chi connectivity index (χ4n) is 3.87. The van der Waals surface area contributed by atoms with Gasteiger partial charge < -0.3 is 10.1 Å². The van der Waals surface area contributed by atoms with Crippen LogP contribution in [0.15, 0.2) is 39.7 Å². The number of ether oxygens (including phenoxy) is 1. The standard InChI is InChI=1S/C22H27BrN2O4S/c1-14-12-19(7-8-20(14)29-4)30(27,28)25-9-5-6-17(13-25)22(26)24-21-15(2)10-18(23)11-16(21)3/h7-8,10-12,17H,5-6,9,13H2,1-4H3,(H,24,26)/t17-/m1/s1. The molecule has 0 bridgehead atoms. The molecule has 30 heavy (non-hydrogen) atoms. The van der Waals surface area contributed by atoms with Gasteiger partial charge in [0.2, 0.25) is 15.9 Å². The van der Waals surface area contributed by atoms with Crippen LogP contribution in [-0.4, -0.2) is 38.8 Å². The highest BCUT2D eigenvalue weighted by Crippen LogP contribution is 2.29. The number of amides is 1. The van der Waals surface area contributed by atoms with Crippen LogP contribution in [0.25, 0.3) is 0 Å². The normalized spacial score (nSPS) is 17.6. The summed E-state index contributed by atoms with van der Waals surface area (Å²) in [4.78, 5) is 13.2. The first-order chi connectivity index (χ1) is 14.1. The van der Waals surface area contributed by atoms with Gasteiger partial charge in [-0.3, -0.25) is 4.79 Å². The molecular formula is C22H27BrN2O4S. The number of sulfonamides is 1. The molecule has 8 heteroatoms. The molecular weight excluding hydrogens is 468 g/mol. The smallest absolute Gasteiger partial charge is 0.243 e. The Kier molecular flexibility index (Phi) is 6.89. The van der Waals surface area contributed by atoms with E-state index in [1.54, 1.807) is 25.3 Å². The summed E-state index contributed by atoms with van der Waals surface area (Å²) in [7, 11) is -2.12. The first-order valence-corrected chi connectivity index (χ1v) is 12.1. The van der Waals surface area contributed by atoms with Gasteiger partial charge in [0.15, 0.2) is 0 Å². The van der Waals surface area contributed by atoms with Crippen molar-refractivity contribution in [2.24, 2.45) is 5.92 Å². The van der Waals surface area contributed by atoms with Gasteiger partial charge in [-0.2, -0.15) is 4.31 Å². The Balaban J connectivity index is 1.78. The molecule has 1 atom stereocenters. The van der Waals surface area contributed by atoms with Gasteiger partial charge >= 0.3 is 0 Å². The van der Waals surface area contributed by atoms with Crippen LogP contribution < -0.4 is 10.1 Å². The van der Waals surface area contributed by atoms with E-state index in [1.165, 1.54) is 4.31 Å². The van der Waals surface area contributed by atoms with Gasteiger partial charge in [-0.1, -0.05) is 15.9 Å². The Morgan fingerprint density at radius 2 is 1.80 bits per heavy atom. The number of nitrogens with one attached hydrogen (secondary N) is 1. The highest BCUT2D eigenvalue weighted by Gasteiger charge is 2.33. The number of carbonyl (C=O) groups excluding carboxylic acids is 1. The molecule has 1 N–H and O–H groups in total. The number of nitrogens with zero attached hydrogens (tertiary/aromatic N) is 1. The third-order valence-corrected chi connectivity index (χ3v) is 7.82. The number of hydrogen-bond acceptors (Lipinski definition) is 4. The van der Waals surface area contributed by atoms with Crippen molar-refractivity contribution in [1.82, 2.24) is 4.31 Å². The molecule has 2 aromatic carbocycles. The summed E-state index contributed by atoms with van der Waals surface area (Å²) < 4.78 is 33.9. The summed E-state index contributed by atoms with van der Waals surface area (Å²) >= 11 is 3.46. The van der Waals surface area contributed by atoms with Gasteiger partial charge in [0.05, 0.1) is 17.9 Å². The van der Waals surface area contributed by atoms with Crippen molar-refractivity contribution in [3.63, 3.8) is 0 Å². The summed E-state index contributed by atoms with van der Waals surface area (Å²) in [6, 6.07) is 8.74. The Morgan fingerprint density at radius 3 is 2.40 bits per heavy atom. The number of piperidine rings is 1. The quantitative estimate of drug-likeness (QED) is 0.667.